The first kappa shape index (κ1) is 11.2. The van der Waals surface area contributed by atoms with Crippen LogP contribution in [0.1, 0.15) is 17.5 Å². The SMILES string of the molecule is Brc1ccc(-c2nc3ccncc3[nH]2)c2c1CCC2. The zero-order valence-corrected chi connectivity index (χ0v) is 11.9. The molecule has 0 unspecified atom stereocenters. The van der Waals surface area contributed by atoms with E-state index in [1.165, 1.54) is 27.6 Å². The van der Waals surface area contributed by atoms with Crippen molar-refractivity contribution in [3.8, 4) is 11.4 Å². The number of rotatable bonds is 1. The predicted molar refractivity (Wildman–Crippen MR) is 79.0 cm³/mol. The van der Waals surface area contributed by atoms with Gasteiger partial charge in [0.2, 0.25) is 0 Å². The van der Waals surface area contributed by atoms with Crippen molar-refractivity contribution in [2.24, 2.45) is 0 Å². The number of fused-ring (bicyclic) bond motifs is 2. The van der Waals surface area contributed by atoms with E-state index in [0.29, 0.717) is 0 Å². The van der Waals surface area contributed by atoms with E-state index in [1.807, 2.05) is 12.3 Å². The zero-order valence-electron chi connectivity index (χ0n) is 10.3. The minimum absolute atomic E-state index is 0.952. The second-order valence-corrected chi connectivity index (χ2v) is 5.74. The van der Waals surface area contributed by atoms with Gasteiger partial charge in [-0.25, -0.2) is 4.98 Å². The minimum atomic E-state index is 0.952. The van der Waals surface area contributed by atoms with Gasteiger partial charge in [0.1, 0.15) is 5.82 Å². The number of halogens is 1. The van der Waals surface area contributed by atoms with E-state index in [2.05, 4.69) is 43.0 Å². The Morgan fingerprint density at radius 3 is 2.89 bits per heavy atom. The maximum atomic E-state index is 4.68. The molecule has 1 N–H and O–H groups in total. The summed E-state index contributed by atoms with van der Waals surface area (Å²) in [4.78, 5) is 12.2. The third-order valence-electron chi connectivity index (χ3n) is 3.77. The lowest BCUT2D eigenvalue weighted by atomic mass is 10.0. The molecule has 1 aliphatic carbocycles. The van der Waals surface area contributed by atoms with Gasteiger partial charge in [-0.3, -0.25) is 4.98 Å². The first-order valence-corrected chi connectivity index (χ1v) is 7.22. The van der Waals surface area contributed by atoms with Gasteiger partial charge in [0.25, 0.3) is 0 Å². The Kier molecular flexibility index (Phi) is 2.45. The Labute approximate surface area is 119 Å². The van der Waals surface area contributed by atoms with Gasteiger partial charge in [-0.2, -0.15) is 0 Å². The van der Waals surface area contributed by atoms with Gasteiger partial charge < -0.3 is 4.98 Å². The van der Waals surface area contributed by atoms with E-state index in [0.717, 1.165) is 29.7 Å². The third kappa shape index (κ3) is 1.70. The van der Waals surface area contributed by atoms with Crippen molar-refractivity contribution in [3.05, 3.63) is 46.2 Å². The van der Waals surface area contributed by atoms with Crippen LogP contribution in [0.15, 0.2) is 35.1 Å². The largest absolute Gasteiger partial charge is 0.337 e. The van der Waals surface area contributed by atoms with Crippen molar-refractivity contribution in [2.75, 3.05) is 0 Å². The second-order valence-electron chi connectivity index (χ2n) is 4.88. The number of aromatic nitrogens is 3. The van der Waals surface area contributed by atoms with Gasteiger partial charge >= 0.3 is 0 Å². The topological polar surface area (TPSA) is 41.6 Å². The van der Waals surface area contributed by atoms with Crippen molar-refractivity contribution in [2.45, 2.75) is 19.3 Å². The van der Waals surface area contributed by atoms with Gasteiger partial charge in [0, 0.05) is 16.2 Å². The van der Waals surface area contributed by atoms with Crippen LogP contribution >= 0.6 is 15.9 Å². The highest BCUT2D eigenvalue weighted by Gasteiger charge is 2.19. The molecule has 0 bridgehead atoms. The molecule has 0 amide bonds. The van der Waals surface area contributed by atoms with E-state index in [4.69, 9.17) is 0 Å². The predicted octanol–water partition coefficient (Wildman–Crippen LogP) is 3.88. The molecule has 0 saturated carbocycles. The van der Waals surface area contributed by atoms with Gasteiger partial charge in [-0.15, -0.1) is 0 Å². The standard InChI is InChI=1S/C15H12BrN3/c16-12-5-4-11(9-2-1-3-10(9)12)15-18-13-6-7-17-8-14(13)19-15/h4-8H,1-3H2,(H,18,19). The number of imidazole rings is 1. The molecule has 0 saturated heterocycles. The lowest BCUT2D eigenvalue weighted by Crippen LogP contribution is -1.91. The molecular formula is C15H12BrN3. The van der Waals surface area contributed by atoms with Crippen molar-refractivity contribution >= 4 is 27.0 Å². The monoisotopic (exact) mass is 313 g/mol. The Balaban J connectivity index is 1.95. The first-order chi connectivity index (χ1) is 9.33. The molecule has 0 fully saturated rings. The molecule has 19 heavy (non-hydrogen) atoms. The fourth-order valence-electron chi connectivity index (χ4n) is 2.87. The van der Waals surface area contributed by atoms with E-state index < -0.39 is 0 Å². The van der Waals surface area contributed by atoms with Gasteiger partial charge in [-0.05, 0) is 48.6 Å². The van der Waals surface area contributed by atoms with Crippen LogP contribution in [0.4, 0.5) is 0 Å². The van der Waals surface area contributed by atoms with Crippen LogP contribution in [0.2, 0.25) is 0 Å². The zero-order chi connectivity index (χ0) is 12.8. The Morgan fingerprint density at radius 2 is 2.00 bits per heavy atom. The van der Waals surface area contributed by atoms with Crippen molar-refractivity contribution in [1.82, 2.24) is 15.0 Å². The molecule has 4 heteroatoms. The summed E-state index contributed by atoms with van der Waals surface area (Å²) < 4.78 is 1.22. The summed E-state index contributed by atoms with van der Waals surface area (Å²) in [6, 6.07) is 6.22. The minimum Gasteiger partial charge on any atom is -0.337 e. The average molecular weight is 314 g/mol. The van der Waals surface area contributed by atoms with E-state index in [-0.39, 0.29) is 0 Å². The normalized spacial score (nSPS) is 13.9. The van der Waals surface area contributed by atoms with Gasteiger partial charge in [-0.1, -0.05) is 15.9 Å². The van der Waals surface area contributed by atoms with E-state index in [1.54, 1.807) is 6.20 Å². The summed E-state index contributed by atoms with van der Waals surface area (Å²) >= 11 is 3.65. The molecule has 0 spiro atoms. The highest BCUT2D eigenvalue weighted by atomic mass is 79.9. The summed E-state index contributed by atoms with van der Waals surface area (Å²) in [5, 5.41) is 0. The maximum Gasteiger partial charge on any atom is 0.138 e. The molecule has 0 radical (unpaired) electrons. The van der Waals surface area contributed by atoms with Crippen LogP contribution < -0.4 is 0 Å². The molecule has 2 aromatic heterocycles. The lowest BCUT2D eigenvalue weighted by Gasteiger charge is -2.07. The molecule has 2 heterocycles. The van der Waals surface area contributed by atoms with E-state index >= 15 is 0 Å². The molecule has 1 aliphatic rings. The fourth-order valence-corrected chi connectivity index (χ4v) is 3.44. The summed E-state index contributed by atoms with van der Waals surface area (Å²) in [5.74, 6) is 0.952. The molecule has 0 atom stereocenters. The van der Waals surface area contributed by atoms with E-state index in [9.17, 15) is 0 Å². The Morgan fingerprint density at radius 1 is 1.11 bits per heavy atom. The molecule has 3 nitrogen and oxygen atoms in total. The Hall–Kier alpha value is -1.68. The highest BCUT2D eigenvalue weighted by molar-refractivity contribution is 9.10. The molecule has 0 aliphatic heterocycles. The molecule has 94 valence electrons. The summed E-state index contributed by atoms with van der Waals surface area (Å²) in [7, 11) is 0. The van der Waals surface area contributed by atoms with Crippen LogP contribution in [0.3, 0.4) is 0 Å². The summed E-state index contributed by atoms with van der Waals surface area (Å²) in [5.41, 5.74) is 6.07. The number of nitrogens with one attached hydrogen (secondary N) is 1. The second kappa shape index (κ2) is 4.17. The quantitative estimate of drug-likeness (QED) is 0.741. The highest BCUT2D eigenvalue weighted by Crippen LogP contribution is 2.36. The van der Waals surface area contributed by atoms with Crippen LogP contribution in [0, 0.1) is 0 Å². The number of hydrogen-bond acceptors (Lipinski definition) is 2. The van der Waals surface area contributed by atoms with Gasteiger partial charge in [0.05, 0.1) is 17.2 Å². The number of nitrogens with zero attached hydrogens (tertiary/aromatic N) is 2. The average Bonchev–Trinajstić information content (AvgIpc) is 3.05. The molecular weight excluding hydrogens is 302 g/mol. The smallest absolute Gasteiger partial charge is 0.138 e. The summed E-state index contributed by atoms with van der Waals surface area (Å²) in [6.07, 6.45) is 7.13. The Bertz CT molecular complexity index is 743. The number of H-pyrrole nitrogens is 1. The van der Waals surface area contributed by atoms with Crippen molar-refractivity contribution in [3.63, 3.8) is 0 Å². The number of benzene rings is 1. The van der Waals surface area contributed by atoms with Gasteiger partial charge in [0.15, 0.2) is 0 Å². The lowest BCUT2D eigenvalue weighted by molar-refractivity contribution is 0.910. The molecule has 4 rings (SSSR count). The van der Waals surface area contributed by atoms with Crippen LogP contribution in [0.5, 0.6) is 0 Å². The number of aromatic amines is 1. The number of hydrogen-bond donors (Lipinski definition) is 1. The molecule has 1 aromatic carbocycles. The van der Waals surface area contributed by atoms with Crippen molar-refractivity contribution in [1.29, 1.82) is 0 Å². The van der Waals surface area contributed by atoms with Crippen LogP contribution in [-0.2, 0) is 12.8 Å². The van der Waals surface area contributed by atoms with Crippen LogP contribution in [-0.4, -0.2) is 15.0 Å². The van der Waals surface area contributed by atoms with Crippen molar-refractivity contribution < 1.29 is 0 Å². The maximum absolute atomic E-state index is 4.68. The summed E-state index contributed by atoms with van der Waals surface area (Å²) in [6.45, 7) is 0. The fraction of sp³-hybridized carbons (Fsp3) is 0.200. The van der Waals surface area contributed by atoms with Crippen LogP contribution in [0.25, 0.3) is 22.4 Å². The molecule has 3 aromatic rings. The first-order valence-electron chi connectivity index (χ1n) is 6.43. The third-order valence-corrected chi connectivity index (χ3v) is 4.51. The number of pyridine rings is 1.